The zero-order chi connectivity index (χ0) is 4.71. The van der Waals surface area contributed by atoms with E-state index < -0.39 is 9.29 Å². The fourth-order valence-electron chi connectivity index (χ4n) is 0. The van der Waals surface area contributed by atoms with Gasteiger partial charge in [0.05, 0.1) is 0 Å². The molecule has 0 atom stereocenters. The van der Waals surface area contributed by atoms with Crippen LogP contribution in [0, 0.1) is 0 Å². The van der Waals surface area contributed by atoms with Crippen molar-refractivity contribution >= 4 is 19.5 Å². The lowest BCUT2D eigenvalue weighted by atomic mass is 11.9. The van der Waals surface area contributed by atoms with Crippen LogP contribution >= 0.6 is 0 Å². The van der Waals surface area contributed by atoms with E-state index in [9.17, 15) is 0 Å². The summed E-state index contributed by atoms with van der Waals surface area (Å²) < 4.78 is 16.8. The summed E-state index contributed by atoms with van der Waals surface area (Å²) in [5, 5.41) is 0. The highest BCUT2D eigenvalue weighted by atomic mass is 28.2. The molecular weight excluding hydrogens is 100 g/mol. The first-order chi connectivity index (χ1) is 2.41. The Morgan fingerprint density at radius 3 is 1.40 bits per heavy atom. The molecule has 0 heterocycles. The monoisotopic (exact) mass is 106 g/mol. The predicted octanol–water partition coefficient (Wildman–Crippen LogP) is -1.22. The van der Waals surface area contributed by atoms with E-state index in [0.29, 0.717) is 0 Å². The van der Waals surface area contributed by atoms with Gasteiger partial charge in [0.1, 0.15) is 0 Å². The average molecular weight is 106 g/mol. The molecule has 5 heavy (non-hydrogen) atoms. The topological polar surface area (TPSA) is 34.1 Å². The third kappa shape index (κ3) is 14600. The highest BCUT2D eigenvalue weighted by Gasteiger charge is 1.22. The molecule has 0 spiro atoms. The molecule has 0 aliphatic carbocycles. The van der Waals surface area contributed by atoms with Gasteiger partial charge >= 0.3 is 9.29 Å². The minimum atomic E-state index is -1.42. The largest absolute Gasteiger partial charge is 0.549 e. The van der Waals surface area contributed by atoms with E-state index in [1.54, 1.807) is 0 Å². The van der Waals surface area contributed by atoms with Crippen LogP contribution in [0.15, 0.2) is 0 Å². The van der Waals surface area contributed by atoms with Crippen LogP contribution in [0.1, 0.15) is 0 Å². The van der Waals surface area contributed by atoms with Gasteiger partial charge < -0.3 is 0 Å². The predicted molar refractivity (Wildman–Crippen MR) is 22.9 cm³/mol. The maximum atomic E-state index is 8.40. The van der Waals surface area contributed by atoms with Crippen molar-refractivity contribution in [1.29, 1.82) is 0 Å². The first kappa shape index (κ1) is 8.90. The molecule has 0 radical (unpaired) electrons. The van der Waals surface area contributed by atoms with Crippen LogP contribution in [0.2, 0.25) is 6.55 Å². The summed E-state index contributed by atoms with van der Waals surface area (Å²) >= 11 is 0. The van der Waals surface area contributed by atoms with Crippen LogP contribution in [0.25, 0.3) is 0 Å². The second-order valence-corrected chi connectivity index (χ2v) is 0.250. The zero-order valence-electron chi connectivity index (χ0n) is 3.32. The molecule has 0 bridgehead atoms. The Kier molecular flexibility index (Phi) is 61.8. The van der Waals surface area contributed by atoms with Crippen molar-refractivity contribution in [2.24, 2.45) is 0 Å². The fourth-order valence-corrected chi connectivity index (χ4v) is 0. The molecule has 30 valence electrons. The first-order valence-electron chi connectivity index (χ1n) is 1.41. The van der Waals surface area contributed by atoms with Crippen molar-refractivity contribution in [2.75, 3.05) is 0 Å². The summed E-state index contributed by atoms with van der Waals surface area (Å²) in [5.74, 6) is 0. The maximum absolute atomic E-state index is 8.40. The van der Waals surface area contributed by atoms with Crippen molar-refractivity contribution in [1.82, 2.24) is 0 Å². The van der Waals surface area contributed by atoms with Gasteiger partial charge in [-0.3, -0.25) is 8.92 Å². The van der Waals surface area contributed by atoms with Gasteiger partial charge in [-0.25, -0.2) is 0 Å². The quantitative estimate of drug-likeness (QED) is 0.363. The lowest BCUT2D eigenvalue weighted by Crippen LogP contribution is -1.26. The van der Waals surface area contributed by atoms with Crippen molar-refractivity contribution < 1.29 is 8.92 Å². The Morgan fingerprint density at radius 1 is 1.40 bits per heavy atom. The van der Waals surface area contributed by atoms with E-state index in [-0.39, 0.29) is 0 Å². The highest BCUT2D eigenvalue weighted by molar-refractivity contribution is 6.05. The van der Waals surface area contributed by atoms with E-state index >= 15 is 0 Å². The van der Waals surface area contributed by atoms with E-state index in [0.717, 1.165) is 0 Å². The Balaban J connectivity index is 0. The van der Waals surface area contributed by atoms with Crippen LogP contribution in [0.5, 0.6) is 0 Å². The highest BCUT2D eigenvalue weighted by Crippen LogP contribution is 0.960. The Labute approximate surface area is 35.9 Å². The molecule has 0 aliphatic heterocycles. The fraction of sp³-hybridized carbons (Fsp3) is 1.00. The van der Waals surface area contributed by atoms with Crippen LogP contribution in [-0.2, 0) is 8.92 Å². The summed E-state index contributed by atoms with van der Waals surface area (Å²) in [6.07, 6.45) is 0. The van der Waals surface area contributed by atoms with E-state index in [1.807, 2.05) is 0 Å². The number of hydrogen-bond acceptors (Lipinski definition) is 2. The number of rotatable bonds is 0. The molecule has 4 heteroatoms. The van der Waals surface area contributed by atoms with Crippen LogP contribution in [0.4, 0.5) is 0 Å². The lowest BCUT2D eigenvalue weighted by Gasteiger charge is -1.04. The lowest BCUT2D eigenvalue weighted by molar-refractivity contribution is 0.497. The average Bonchev–Trinajstić information content (AvgIpc) is 1.46. The van der Waals surface area contributed by atoms with Crippen molar-refractivity contribution in [3.8, 4) is 0 Å². The standard InChI is InChI=1S/CH6Si.O2Si/c1-2;1-3-2/h1-2H3;. The normalized spacial score (nSPS) is 3.40. The molecule has 2 nitrogen and oxygen atoms in total. The smallest absolute Gasteiger partial charge is 0.274 e. The molecule has 0 saturated heterocycles. The number of hydrogen-bond donors (Lipinski definition) is 0. The Hall–Kier alpha value is 0.0338. The molecule has 0 aliphatic rings. The molecule has 0 aromatic heterocycles. The second-order valence-electron chi connectivity index (χ2n) is 0.0833. The molecule has 0 N–H and O–H groups in total. The van der Waals surface area contributed by atoms with Gasteiger partial charge in [-0.1, -0.05) is 6.55 Å². The molecule has 0 amide bonds. The van der Waals surface area contributed by atoms with E-state index in [1.165, 1.54) is 10.2 Å². The van der Waals surface area contributed by atoms with Crippen LogP contribution in [0.3, 0.4) is 0 Å². The summed E-state index contributed by atoms with van der Waals surface area (Å²) in [7, 11) is -0.111. The summed E-state index contributed by atoms with van der Waals surface area (Å²) in [6.45, 7) is 2.14. The Morgan fingerprint density at radius 2 is 1.40 bits per heavy atom. The van der Waals surface area contributed by atoms with E-state index in [4.69, 9.17) is 8.92 Å². The van der Waals surface area contributed by atoms with Gasteiger partial charge in [-0.2, -0.15) is 0 Å². The minimum absolute atomic E-state index is 1.31. The van der Waals surface area contributed by atoms with Gasteiger partial charge in [0.25, 0.3) is 0 Å². The molecule has 0 unspecified atom stereocenters. The summed E-state index contributed by atoms with van der Waals surface area (Å²) in [4.78, 5) is 0. The molecule has 0 rings (SSSR count). The van der Waals surface area contributed by atoms with Gasteiger partial charge in [0, 0.05) is 0 Å². The SMILES string of the molecule is C[SiH3].O=[Si]=O. The van der Waals surface area contributed by atoms with Gasteiger partial charge in [0.15, 0.2) is 0 Å². The van der Waals surface area contributed by atoms with E-state index in [2.05, 4.69) is 6.55 Å². The van der Waals surface area contributed by atoms with Gasteiger partial charge in [-0.05, 0) is 10.2 Å². The maximum Gasteiger partial charge on any atom is 0.549 e. The molecule has 0 aromatic rings. The second kappa shape index (κ2) is 34.7. The summed E-state index contributed by atoms with van der Waals surface area (Å²) in [5.41, 5.74) is 0. The molecule has 0 saturated carbocycles. The molecule has 0 aromatic carbocycles. The molecular formula is CH6O2Si2. The Bertz CT molecular complexity index is 28.6. The third-order valence-electron chi connectivity index (χ3n) is 0. The first-order valence-corrected chi connectivity index (χ1v) is 4.22. The molecule has 0 fully saturated rings. The zero-order valence-corrected chi connectivity index (χ0v) is 6.32. The summed E-state index contributed by atoms with van der Waals surface area (Å²) in [6, 6.07) is 0. The van der Waals surface area contributed by atoms with Crippen molar-refractivity contribution in [2.45, 2.75) is 6.55 Å². The van der Waals surface area contributed by atoms with Crippen molar-refractivity contribution in [3.05, 3.63) is 0 Å². The third-order valence-corrected chi connectivity index (χ3v) is 0. The van der Waals surface area contributed by atoms with Gasteiger partial charge in [0.2, 0.25) is 0 Å². The minimum Gasteiger partial charge on any atom is -0.274 e. The van der Waals surface area contributed by atoms with Crippen LogP contribution < -0.4 is 0 Å². The van der Waals surface area contributed by atoms with Crippen molar-refractivity contribution in [3.63, 3.8) is 0 Å². The van der Waals surface area contributed by atoms with Gasteiger partial charge in [-0.15, -0.1) is 0 Å². The van der Waals surface area contributed by atoms with Crippen LogP contribution in [-0.4, -0.2) is 19.5 Å².